The standard InChI is InChI=1S/C15H20BNO2/c1-14(2)15(3,4)19-16(18-14)10-13(11-17)12-8-6-5-7-9-12/h5-9,13H,10H2,1-4H3/t13-/m0/s1. The third-order valence-corrected chi connectivity index (χ3v) is 4.09. The third-order valence-electron chi connectivity index (χ3n) is 4.09. The fourth-order valence-electron chi connectivity index (χ4n) is 2.20. The lowest BCUT2D eigenvalue weighted by Crippen LogP contribution is -2.41. The summed E-state index contributed by atoms with van der Waals surface area (Å²) in [6.45, 7) is 8.10. The van der Waals surface area contributed by atoms with Gasteiger partial charge in [0.1, 0.15) is 0 Å². The van der Waals surface area contributed by atoms with Gasteiger partial charge in [-0.25, -0.2) is 0 Å². The summed E-state index contributed by atoms with van der Waals surface area (Å²) < 4.78 is 11.9. The van der Waals surface area contributed by atoms with Crippen LogP contribution < -0.4 is 0 Å². The Kier molecular flexibility index (Phi) is 3.71. The summed E-state index contributed by atoms with van der Waals surface area (Å²) in [5.41, 5.74) is 0.336. The summed E-state index contributed by atoms with van der Waals surface area (Å²) in [7, 11) is -0.324. The van der Waals surface area contributed by atoms with E-state index in [9.17, 15) is 5.26 Å². The molecule has 2 rings (SSSR count). The van der Waals surface area contributed by atoms with E-state index < -0.39 is 0 Å². The Morgan fingerprint density at radius 2 is 1.63 bits per heavy atom. The van der Waals surface area contributed by atoms with E-state index in [2.05, 4.69) is 6.07 Å². The minimum Gasteiger partial charge on any atom is -0.403 e. The van der Waals surface area contributed by atoms with Gasteiger partial charge in [-0.3, -0.25) is 0 Å². The maximum Gasteiger partial charge on any atom is 0.459 e. The average molecular weight is 257 g/mol. The van der Waals surface area contributed by atoms with Crippen molar-refractivity contribution in [2.75, 3.05) is 0 Å². The van der Waals surface area contributed by atoms with Crippen LogP contribution in [0.15, 0.2) is 30.3 Å². The summed E-state index contributed by atoms with van der Waals surface area (Å²) >= 11 is 0. The summed E-state index contributed by atoms with van der Waals surface area (Å²) in [4.78, 5) is 0. The zero-order valence-corrected chi connectivity index (χ0v) is 12.0. The van der Waals surface area contributed by atoms with E-state index in [0.29, 0.717) is 6.32 Å². The van der Waals surface area contributed by atoms with Gasteiger partial charge in [0, 0.05) is 6.32 Å². The van der Waals surface area contributed by atoms with Crippen molar-refractivity contribution in [3.63, 3.8) is 0 Å². The van der Waals surface area contributed by atoms with Crippen LogP contribution in [0, 0.1) is 11.3 Å². The molecule has 1 saturated heterocycles. The van der Waals surface area contributed by atoms with Crippen molar-refractivity contribution in [2.45, 2.75) is 51.1 Å². The number of nitrogens with zero attached hydrogens (tertiary/aromatic N) is 1. The highest BCUT2D eigenvalue weighted by Crippen LogP contribution is 2.39. The van der Waals surface area contributed by atoms with E-state index in [-0.39, 0.29) is 24.2 Å². The topological polar surface area (TPSA) is 42.2 Å². The van der Waals surface area contributed by atoms with Crippen LogP contribution in [-0.2, 0) is 9.31 Å². The molecule has 100 valence electrons. The number of nitriles is 1. The highest BCUT2D eigenvalue weighted by molar-refractivity contribution is 6.45. The molecule has 0 unspecified atom stereocenters. The maximum absolute atomic E-state index is 9.34. The SMILES string of the molecule is CC1(C)OB(C[C@@H](C#N)c2ccccc2)OC1(C)C. The minimum atomic E-state index is -0.339. The maximum atomic E-state index is 9.34. The Hall–Kier alpha value is -1.31. The Morgan fingerprint density at radius 1 is 1.11 bits per heavy atom. The Morgan fingerprint density at radius 3 is 2.11 bits per heavy atom. The van der Waals surface area contributed by atoms with Crippen molar-refractivity contribution in [2.24, 2.45) is 0 Å². The van der Waals surface area contributed by atoms with Crippen LogP contribution in [0.1, 0.15) is 39.2 Å². The quantitative estimate of drug-likeness (QED) is 0.779. The fourth-order valence-corrected chi connectivity index (χ4v) is 2.20. The van der Waals surface area contributed by atoms with Gasteiger partial charge in [-0.05, 0) is 33.3 Å². The molecule has 0 bridgehead atoms. The first-order chi connectivity index (χ1) is 8.86. The molecule has 1 heterocycles. The number of rotatable bonds is 3. The molecule has 0 amide bonds. The molecule has 0 saturated carbocycles. The summed E-state index contributed by atoms with van der Waals surface area (Å²) in [6, 6.07) is 12.1. The monoisotopic (exact) mass is 257 g/mol. The van der Waals surface area contributed by atoms with Crippen LogP contribution in [-0.4, -0.2) is 18.3 Å². The van der Waals surface area contributed by atoms with Gasteiger partial charge in [-0.2, -0.15) is 5.26 Å². The molecule has 0 spiro atoms. The molecule has 1 atom stereocenters. The third kappa shape index (κ3) is 2.83. The van der Waals surface area contributed by atoms with E-state index >= 15 is 0 Å². The van der Waals surface area contributed by atoms with Crippen LogP contribution in [0.25, 0.3) is 0 Å². The predicted octanol–water partition coefficient (Wildman–Crippen LogP) is 3.39. The molecule has 0 radical (unpaired) electrons. The zero-order valence-electron chi connectivity index (χ0n) is 12.0. The normalized spacial score (nSPS) is 21.9. The predicted molar refractivity (Wildman–Crippen MR) is 75.7 cm³/mol. The van der Waals surface area contributed by atoms with Gasteiger partial charge in [0.05, 0.1) is 23.2 Å². The van der Waals surface area contributed by atoms with Gasteiger partial charge >= 0.3 is 7.12 Å². The van der Waals surface area contributed by atoms with Gasteiger partial charge in [0.25, 0.3) is 0 Å². The lowest BCUT2D eigenvalue weighted by atomic mass is 9.75. The molecule has 1 aromatic rings. The van der Waals surface area contributed by atoms with Gasteiger partial charge < -0.3 is 9.31 Å². The summed E-state index contributed by atoms with van der Waals surface area (Å²) in [6.07, 6.45) is 0.563. The molecule has 4 heteroatoms. The lowest BCUT2D eigenvalue weighted by molar-refractivity contribution is 0.00578. The molecule has 3 nitrogen and oxygen atoms in total. The first kappa shape index (κ1) is 14.1. The molecule has 0 N–H and O–H groups in total. The Labute approximate surface area is 115 Å². The van der Waals surface area contributed by atoms with Crippen molar-refractivity contribution in [3.05, 3.63) is 35.9 Å². The molecule has 1 aromatic carbocycles. The Balaban J connectivity index is 2.08. The van der Waals surface area contributed by atoms with E-state index in [1.807, 2.05) is 58.0 Å². The smallest absolute Gasteiger partial charge is 0.403 e. The molecular weight excluding hydrogens is 237 g/mol. The highest BCUT2D eigenvalue weighted by atomic mass is 16.7. The first-order valence-electron chi connectivity index (χ1n) is 6.66. The van der Waals surface area contributed by atoms with Crippen molar-refractivity contribution in [3.8, 4) is 6.07 Å². The zero-order chi connectivity index (χ0) is 14.1. The van der Waals surface area contributed by atoms with Crippen LogP contribution >= 0.6 is 0 Å². The lowest BCUT2D eigenvalue weighted by Gasteiger charge is -2.32. The van der Waals surface area contributed by atoms with Crippen LogP contribution in [0.3, 0.4) is 0 Å². The van der Waals surface area contributed by atoms with E-state index in [0.717, 1.165) is 5.56 Å². The molecule has 1 aliphatic rings. The van der Waals surface area contributed by atoms with Crippen molar-refractivity contribution in [1.82, 2.24) is 0 Å². The molecule has 0 aromatic heterocycles. The van der Waals surface area contributed by atoms with Crippen molar-refractivity contribution < 1.29 is 9.31 Å². The molecule has 1 fully saturated rings. The van der Waals surface area contributed by atoms with Gasteiger partial charge in [0.15, 0.2) is 0 Å². The van der Waals surface area contributed by atoms with Gasteiger partial charge in [-0.15, -0.1) is 0 Å². The summed E-state index contributed by atoms with van der Waals surface area (Å²) in [5, 5.41) is 9.34. The second kappa shape index (κ2) is 4.99. The van der Waals surface area contributed by atoms with E-state index in [1.54, 1.807) is 0 Å². The highest BCUT2D eigenvalue weighted by Gasteiger charge is 2.51. The van der Waals surface area contributed by atoms with E-state index in [4.69, 9.17) is 9.31 Å². The molecular formula is C15H20BNO2. The Bertz CT molecular complexity index is 463. The van der Waals surface area contributed by atoms with E-state index in [1.165, 1.54) is 0 Å². The summed E-state index contributed by atoms with van der Waals surface area (Å²) in [5.74, 6) is -0.198. The molecule has 0 aliphatic carbocycles. The molecule has 1 aliphatic heterocycles. The number of benzene rings is 1. The van der Waals surface area contributed by atoms with Gasteiger partial charge in [-0.1, -0.05) is 30.3 Å². The second-order valence-corrected chi connectivity index (χ2v) is 6.01. The largest absolute Gasteiger partial charge is 0.459 e. The average Bonchev–Trinajstić information content (AvgIpc) is 2.56. The van der Waals surface area contributed by atoms with Crippen molar-refractivity contribution in [1.29, 1.82) is 5.26 Å². The number of hydrogen-bond acceptors (Lipinski definition) is 3. The van der Waals surface area contributed by atoms with Crippen LogP contribution in [0.2, 0.25) is 6.32 Å². The van der Waals surface area contributed by atoms with Crippen LogP contribution in [0.5, 0.6) is 0 Å². The second-order valence-electron chi connectivity index (χ2n) is 6.01. The number of hydrogen-bond donors (Lipinski definition) is 0. The fraction of sp³-hybridized carbons (Fsp3) is 0.533. The van der Waals surface area contributed by atoms with Crippen molar-refractivity contribution >= 4 is 7.12 Å². The first-order valence-corrected chi connectivity index (χ1v) is 6.66. The molecule has 19 heavy (non-hydrogen) atoms. The van der Waals surface area contributed by atoms with Gasteiger partial charge in [0.2, 0.25) is 0 Å². The minimum absolute atomic E-state index is 0.198. The van der Waals surface area contributed by atoms with Crippen LogP contribution in [0.4, 0.5) is 0 Å².